The fourth-order valence-electron chi connectivity index (χ4n) is 9.85. The molecule has 17 nitrogen and oxygen atoms in total. The van der Waals surface area contributed by atoms with Crippen molar-refractivity contribution in [3.05, 3.63) is 0 Å². The number of esters is 4. The second kappa shape index (κ2) is 58.4. The standard InChI is InChI=1S/C66H128O17P2/c1-7-10-12-14-16-18-19-20-21-22-24-32-38-44-50-65(70)82-61(54-77-64(69)49-43-37-31-26-25-29-35-41-47-59(6)9-3)56-80-84(72,73)78-52-60(67)53-79-85(74,75)81-57-62(55-76-63(68)48-42-36-30-23-17-15-13-11-8-2)83-66(71)51-45-39-33-27-28-34-40-46-58(4)5/h58-62,67H,7-57H2,1-6H3,(H,72,73)(H,74,75)/t59?,60-,61-,62-/m1/s1. The first-order valence-corrected chi connectivity index (χ1v) is 37.5. The smallest absolute Gasteiger partial charge is 0.462 e. The maximum Gasteiger partial charge on any atom is 0.472 e. The summed E-state index contributed by atoms with van der Waals surface area (Å²) in [5, 5.41) is 10.5. The van der Waals surface area contributed by atoms with E-state index in [1.54, 1.807) is 0 Å². The molecule has 0 radical (unpaired) electrons. The lowest BCUT2D eigenvalue weighted by atomic mass is 9.99. The zero-order valence-corrected chi connectivity index (χ0v) is 56.7. The molecule has 0 saturated carbocycles. The van der Waals surface area contributed by atoms with Gasteiger partial charge >= 0.3 is 39.5 Å². The third-order valence-corrected chi connectivity index (χ3v) is 17.5. The van der Waals surface area contributed by atoms with Crippen LogP contribution in [0, 0.1) is 11.8 Å². The van der Waals surface area contributed by atoms with Crippen molar-refractivity contribution in [2.75, 3.05) is 39.6 Å². The van der Waals surface area contributed by atoms with Crippen LogP contribution in [-0.4, -0.2) is 96.7 Å². The van der Waals surface area contributed by atoms with Crippen molar-refractivity contribution in [2.45, 2.75) is 349 Å². The van der Waals surface area contributed by atoms with Gasteiger partial charge in [0, 0.05) is 25.7 Å². The summed E-state index contributed by atoms with van der Waals surface area (Å²) in [5.41, 5.74) is 0. The Bertz CT molecular complexity index is 1670. The van der Waals surface area contributed by atoms with Crippen LogP contribution in [-0.2, 0) is 65.4 Å². The molecule has 0 rings (SSSR count). The van der Waals surface area contributed by atoms with Crippen molar-refractivity contribution in [3.8, 4) is 0 Å². The van der Waals surface area contributed by atoms with Crippen LogP contribution < -0.4 is 0 Å². The van der Waals surface area contributed by atoms with E-state index in [2.05, 4.69) is 41.5 Å². The second-order valence-electron chi connectivity index (χ2n) is 24.6. The number of unbranched alkanes of at least 4 members (excludes halogenated alkanes) is 34. The van der Waals surface area contributed by atoms with Crippen LogP contribution in [0.2, 0.25) is 0 Å². The van der Waals surface area contributed by atoms with Gasteiger partial charge in [-0.25, -0.2) is 9.13 Å². The summed E-state index contributed by atoms with van der Waals surface area (Å²) < 4.78 is 68.1. The molecule has 0 heterocycles. The van der Waals surface area contributed by atoms with E-state index in [1.165, 1.54) is 148 Å². The number of phosphoric ester groups is 2. The zero-order valence-electron chi connectivity index (χ0n) is 54.9. The number of hydrogen-bond donors (Lipinski definition) is 3. The maximum absolute atomic E-state index is 13.0. The minimum absolute atomic E-state index is 0.103. The molecule has 19 heteroatoms. The van der Waals surface area contributed by atoms with Gasteiger partial charge in [0.1, 0.15) is 19.3 Å². The molecule has 0 aromatic carbocycles. The van der Waals surface area contributed by atoms with E-state index in [-0.39, 0.29) is 25.7 Å². The highest BCUT2D eigenvalue weighted by molar-refractivity contribution is 7.47. The molecule has 3 unspecified atom stereocenters. The second-order valence-corrected chi connectivity index (χ2v) is 27.5. The van der Waals surface area contributed by atoms with Crippen LogP contribution in [0.3, 0.4) is 0 Å². The SMILES string of the molecule is CCCCCCCCCCCCCCCCC(=O)O[C@H](COC(=O)CCCCCCCCCCC(C)CC)COP(=O)(O)OC[C@@H](O)COP(=O)(O)OC[C@@H](COC(=O)CCCCCCCCCCC)OC(=O)CCCCCCCCCC(C)C. The first-order valence-electron chi connectivity index (χ1n) is 34.5. The van der Waals surface area contributed by atoms with Crippen molar-refractivity contribution in [3.63, 3.8) is 0 Å². The highest BCUT2D eigenvalue weighted by atomic mass is 31.2. The zero-order chi connectivity index (χ0) is 62.9. The average Bonchev–Trinajstić information content (AvgIpc) is 3.47. The Morgan fingerprint density at radius 3 is 0.894 bits per heavy atom. The van der Waals surface area contributed by atoms with Gasteiger partial charge in [-0.2, -0.15) is 0 Å². The molecular weight excluding hydrogens is 1130 g/mol. The summed E-state index contributed by atoms with van der Waals surface area (Å²) >= 11 is 0. The van der Waals surface area contributed by atoms with Crippen molar-refractivity contribution in [1.82, 2.24) is 0 Å². The van der Waals surface area contributed by atoms with Crippen molar-refractivity contribution < 1.29 is 80.2 Å². The lowest BCUT2D eigenvalue weighted by molar-refractivity contribution is -0.161. The lowest BCUT2D eigenvalue weighted by Gasteiger charge is -2.21. The molecule has 6 atom stereocenters. The Balaban J connectivity index is 5.24. The first kappa shape index (κ1) is 83.1. The van der Waals surface area contributed by atoms with Gasteiger partial charge in [-0.15, -0.1) is 0 Å². The summed E-state index contributed by atoms with van der Waals surface area (Å²) in [6, 6.07) is 0. The third-order valence-electron chi connectivity index (χ3n) is 15.6. The van der Waals surface area contributed by atoms with Gasteiger partial charge in [0.25, 0.3) is 0 Å². The molecule has 0 saturated heterocycles. The highest BCUT2D eigenvalue weighted by Gasteiger charge is 2.30. The number of hydrogen-bond acceptors (Lipinski definition) is 15. The van der Waals surface area contributed by atoms with Crippen LogP contribution >= 0.6 is 15.6 Å². The number of carbonyl (C=O) groups is 4. The van der Waals surface area contributed by atoms with E-state index >= 15 is 0 Å². The Morgan fingerprint density at radius 1 is 0.341 bits per heavy atom. The molecular formula is C66H128O17P2. The van der Waals surface area contributed by atoms with E-state index in [9.17, 15) is 43.2 Å². The molecule has 0 aliphatic heterocycles. The van der Waals surface area contributed by atoms with Gasteiger partial charge in [-0.3, -0.25) is 37.3 Å². The summed E-state index contributed by atoms with van der Waals surface area (Å²) in [5.74, 6) is -0.659. The summed E-state index contributed by atoms with van der Waals surface area (Å²) in [6.07, 6.45) is 41.7. The Morgan fingerprint density at radius 2 is 0.600 bits per heavy atom. The molecule has 0 aliphatic rings. The molecule has 0 aromatic heterocycles. The van der Waals surface area contributed by atoms with E-state index in [4.69, 9.17) is 37.0 Å². The number of phosphoric acid groups is 2. The van der Waals surface area contributed by atoms with Crippen molar-refractivity contribution in [2.24, 2.45) is 11.8 Å². The number of aliphatic hydroxyl groups is 1. The number of ether oxygens (including phenoxy) is 4. The van der Waals surface area contributed by atoms with Crippen molar-refractivity contribution in [1.29, 1.82) is 0 Å². The van der Waals surface area contributed by atoms with Crippen LogP contribution in [0.1, 0.15) is 330 Å². The van der Waals surface area contributed by atoms with Crippen LogP contribution in [0.4, 0.5) is 0 Å². The van der Waals surface area contributed by atoms with Gasteiger partial charge in [0.15, 0.2) is 12.2 Å². The predicted molar refractivity (Wildman–Crippen MR) is 340 cm³/mol. The Kier molecular flexibility index (Phi) is 57.1. The molecule has 0 aliphatic carbocycles. The summed E-state index contributed by atoms with van der Waals surface area (Å²) in [4.78, 5) is 72.3. The summed E-state index contributed by atoms with van der Waals surface area (Å²) in [6.45, 7) is 9.44. The van der Waals surface area contributed by atoms with Gasteiger partial charge in [0.05, 0.1) is 26.4 Å². The minimum atomic E-state index is -4.95. The van der Waals surface area contributed by atoms with Crippen molar-refractivity contribution >= 4 is 39.5 Å². The Hall–Kier alpha value is -1.94. The van der Waals surface area contributed by atoms with Gasteiger partial charge in [-0.1, -0.05) is 279 Å². The topological polar surface area (TPSA) is 237 Å². The fraction of sp³-hybridized carbons (Fsp3) is 0.939. The fourth-order valence-corrected chi connectivity index (χ4v) is 11.4. The molecule has 0 aromatic rings. The molecule has 0 fully saturated rings. The van der Waals surface area contributed by atoms with E-state index in [0.717, 1.165) is 95.8 Å². The van der Waals surface area contributed by atoms with Gasteiger partial charge < -0.3 is 33.8 Å². The molecule has 0 spiro atoms. The lowest BCUT2D eigenvalue weighted by Crippen LogP contribution is -2.30. The van der Waals surface area contributed by atoms with Gasteiger partial charge in [-0.05, 0) is 37.5 Å². The first-order chi connectivity index (χ1) is 40.9. The monoisotopic (exact) mass is 1250 g/mol. The van der Waals surface area contributed by atoms with E-state index in [0.29, 0.717) is 31.6 Å². The van der Waals surface area contributed by atoms with Gasteiger partial charge in [0.2, 0.25) is 0 Å². The average molecular weight is 1260 g/mol. The molecule has 3 N–H and O–H groups in total. The summed E-state index contributed by atoms with van der Waals surface area (Å²) in [7, 11) is -9.89. The normalized spacial score (nSPS) is 14.6. The predicted octanol–water partition coefficient (Wildman–Crippen LogP) is 18.4. The van der Waals surface area contributed by atoms with E-state index < -0.39 is 97.5 Å². The number of aliphatic hydroxyl groups excluding tert-OH is 1. The van der Waals surface area contributed by atoms with E-state index in [1.807, 2.05) is 0 Å². The minimum Gasteiger partial charge on any atom is -0.462 e. The quantitative estimate of drug-likeness (QED) is 0.0222. The molecule has 0 bridgehead atoms. The molecule has 0 amide bonds. The number of rotatable bonds is 65. The van der Waals surface area contributed by atoms with Crippen LogP contribution in [0.5, 0.6) is 0 Å². The molecule has 85 heavy (non-hydrogen) atoms. The Labute approximate surface area is 517 Å². The highest BCUT2D eigenvalue weighted by Crippen LogP contribution is 2.45. The largest absolute Gasteiger partial charge is 0.472 e. The van der Waals surface area contributed by atoms with Crippen LogP contribution in [0.15, 0.2) is 0 Å². The molecule has 504 valence electrons. The van der Waals surface area contributed by atoms with Crippen LogP contribution in [0.25, 0.3) is 0 Å². The maximum atomic E-state index is 13.0. The number of carbonyl (C=O) groups excluding carboxylic acids is 4. The third kappa shape index (κ3) is 59.5.